The van der Waals surface area contributed by atoms with E-state index in [1.54, 1.807) is 6.92 Å². The average Bonchev–Trinajstić information content (AvgIpc) is 2.95. The summed E-state index contributed by atoms with van der Waals surface area (Å²) in [5.41, 5.74) is 0.960. The molecule has 1 aromatic heterocycles. The molecule has 0 aliphatic carbocycles. The zero-order valence-electron chi connectivity index (χ0n) is 10.8. The van der Waals surface area contributed by atoms with Crippen molar-refractivity contribution < 1.29 is 18.0 Å². The quantitative estimate of drug-likeness (QED) is 0.709. The van der Waals surface area contributed by atoms with Crippen LogP contribution in [0.25, 0.3) is 0 Å². The number of amides is 2. The number of hydrogen-bond donors (Lipinski definition) is 3. The van der Waals surface area contributed by atoms with Gasteiger partial charge >= 0.3 is 0 Å². The van der Waals surface area contributed by atoms with Crippen molar-refractivity contribution in [3.05, 3.63) is 41.2 Å². The number of hydrogen-bond acceptors (Lipinski definition) is 5. The first kappa shape index (κ1) is 13.3. The van der Waals surface area contributed by atoms with Crippen LogP contribution in [0.4, 0.5) is 5.69 Å². The van der Waals surface area contributed by atoms with Crippen LogP contribution in [0, 0.1) is 6.92 Å². The lowest BCUT2D eigenvalue weighted by Crippen LogP contribution is -2.19. The van der Waals surface area contributed by atoms with Gasteiger partial charge in [-0.05, 0) is 25.1 Å². The number of anilines is 1. The van der Waals surface area contributed by atoms with Crippen LogP contribution in [0.1, 0.15) is 26.4 Å². The van der Waals surface area contributed by atoms with Gasteiger partial charge in [-0.1, -0.05) is 0 Å². The van der Waals surface area contributed by atoms with E-state index in [9.17, 15) is 18.0 Å². The Bertz CT molecular complexity index is 869. The number of H-pyrrole nitrogens is 1. The van der Waals surface area contributed by atoms with Crippen molar-refractivity contribution in [3.63, 3.8) is 0 Å². The largest absolute Gasteiger partial charge is 0.288 e. The lowest BCUT2D eigenvalue weighted by Gasteiger charge is -2.07. The van der Waals surface area contributed by atoms with Crippen LogP contribution in [-0.4, -0.2) is 30.4 Å². The maximum absolute atomic E-state index is 12.2. The standard InChI is InChI=1S/C12H10N4O4S/c1-6-10(5-13-15-6)21(19,20)16-7-2-3-8-9(4-7)12(18)14-11(8)17/h2-5,16H,1H3,(H,13,15)(H,14,17,18). The predicted octanol–water partition coefficient (Wildman–Crippen LogP) is 0.403. The van der Waals surface area contributed by atoms with Gasteiger partial charge in [0.05, 0.1) is 23.0 Å². The van der Waals surface area contributed by atoms with Gasteiger partial charge in [0.2, 0.25) is 0 Å². The van der Waals surface area contributed by atoms with Gasteiger partial charge < -0.3 is 0 Å². The number of aromatic nitrogens is 2. The van der Waals surface area contributed by atoms with Gasteiger partial charge in [-0.25, -0.2) is 8.42 Å². The smallest absolute Gasteiger partial charge is 0.265 e. The summed E-state index contributed by atoms with van der Waals surface area (Å²) in [6.45, 7) is 1.58. The third-order valence-corrected chi connectivity index (χ3v) is 4.56. The number of aryl methyl sites for hydroxylation is 1. The molecule has 2 heterocycles. The second kappa shape index (κ2) is 4.42. The SMILES string of the molecule is Cc1[nH]ncc1S(=O)(=O)Nc1ccc2c(c1)C(=O)NC2=O. The number of aromatic amines is 1. The molecule has 0 radical (unpaired) electrons. The predicted molar refractivity (Wildman–Crippen MR) is 72.4 cm³/mol. The van der Waals surface area contributed by atoms with Crippen molar-refractivity contribution in [2.24, 2.45) is 0 Å². The Balaban J connectivity index is 1.97. The fraction of sp³-hybridized carbons (Fsp3) is 0.0833. The Morgan fingerprint density at radius 2 is 1.86 bits per heavy atom. The number of rotatable bonds is 3. The fourth-order valence-electron chi connectivity index (χ4n) is 2.05. The average molecular weight is 306 g/mol. The first-order valence-electron chi connectivity index (χ1n) is 5.91. The summed E-state index contributed by atoms with van der Waals surface area (Å²) in [7, 11) is -3.81. The fourth-order valence-corrected chi connectivity index (χ4v) is 3.24. The number of fused-ring (bicyclic) bond motifs is 1. The Labute approximate surface area is 119 Å². The summed E-state index contributed by atoms with van der Waals surface area (Å²) in [5, 5.41) is 8.33. The zero-order chi connectivity index (χ0) is 15.2. The lowest BCUT2D eigenvalue weighted by atomic mass is 10.1. The van der Waals surface area contributed by atoms with E-state index in [2.05, 4.69) is 20.2 Å². The molecular weight excluding hydrogens is 296 g/mol. The second-order valence-corrected chi connectivity index (χ2v) is 6.16. The summed E-state index contributed by atoms with van der Waals surface area (Å²) in [4.78, 5) is 23.0. The molecule has 0 unspecified atom stereocenters. The molecule has 0 bridgehead atoms. The first-order chi connectivity index (χ1) is 9.88. The zero-order valence-corrected chi connectivity index (χ0v) is 11.6. The lowest BCUT2D eigenvalue weighted by molar-refractivity contribution is 0.0879. The monoisotopic (exact) mass is 306 g/mol. The van der Waals surface area contributed by atoms with Gasteiger partial charge in [-0.15, -0.1) is 0 Å². The van der Waals surface area contributed by atoms with Gasteiger partial charge in [-0.2, -0.15) is 5.10 Å². The summed E-state index contributed by atoms with van der Waals surface area (Å²) >= 11 is 0. The molecule has 108 valence electrons. The van der Waals surface area contributed by atoms with E-state index in [0.29, 0.717) is 5.69 Å². The van der Waals surface area contributed by atoms with Crippen molar-refractivity contribution in [2.45, 2.75) is 11.8 Å². The van der Waals surface area contributed by atoms with E-state index in [1.807, 2.05) is 0 Å². The minimum atomic E-state index is -3.81. The molecule has 3 N–H and O–H groups in total. The molecule has 0 atom stereocenters. The van der Waals surface area contributed by atoms with E-state index in [1.165, 1.54) is 24.4 Å². The van der Waals surface area contributed by atoms with Crippen LogP contribution < -0.4 is 10.0 Å². The highest BCUT2D eigenvalue weighted by atomic mass is 32.2. The Kier molecular flexibility index (Phi) is 2.80. The molecule has 0 saturated carbocycles. The van der Waals surface area contributed by atoms with Gasteiger partial charge in [0, 0.05) is 5.69 Å². The molecule has 0 saturated heterocycles. The summed E-state index contributed by atoms with van der Waals surface area (Å²) in [6.07, 6.45) is 1.20. The highest BCUT2D eigenvalue weighted by molar-refractivity contribution is 7.92. The third kappa shape index (κ3) is 2.17. The van der Waals surface area contributed by atoms with Crippen LogP contribution in [0.2, 0.25) is 0 Å². The number of nitrogens with one attached hydrogen (secondary N) is 3. The van der Waals surface area contributed by atoms with Crippen molar-refractivity contribution >= 4 is 27.5 Å². The van der Waals surface area contributed by atoms with E-state index in [0.717, 1.165) is 0 Å². The normalized spacial score (nSPS) is 14.0. The number of nitrogens with zero attached hydrogens (tertiary/aromatic N) is 1. The van der Waals surface area contributed by atoms with Crippen LogP contribution in [0.15, 0.2) is 29.3 Å². The van der Waals surface area contributed by atoms with E-state index >= 15 is 0 Å². The number of imide groups is 1. The van der Waals surface area contributed by atoms with Crippen molar-refractivity contribution in [2.75, 3.05) is 4.72 Å². The Morgan fingerprint density at radius 3 is 2.52 bits per heavy atom. The highest BCUT2D eigenvalue weighted by Gasteiger charge is 2.27. The number of sulfonamides is 1. The van der Waals surface area contributed by atoms with Crippen LogP contribution >= 0.6 is 0 Å². The third-order valence-electron chi connectivity index (χ3n) is 3.06. The molecule has 2 amide bonds. The molecule has 8 nitrogen and oxygen atoms in total. The van der Waals surface area contributed by atoms with Gasteiger partial charge in [0.1, 0.15) is 4.90 Å². The van der Waals surface area contributed by atoms with Crippen LogP contribution in [-0.2, 0) is 10.0 Å². The van der Waals surface area contributed by atoms with Crippen LogP contribution in [0.5, 0.6) is 0 Å². The minimum absolute atomic E-state index is 0.0172. The number of benzene rings is 1. The van der Waals surface area contributed by atoms with E-state index in [4.69, 9.17) is 0 Å². The van der Waals surface area contributed by atoms with Crippen molar-refractivity contribution in [1.82, 2.24) is 15.5 Å². The summed E-state index contributed by atoms with van der Waals surface area (Å²) in [6, 6.07) is 4.14. The molecular formula is C12H10N4O4S. The van der Waals surface area contributed by atoms with Gasteiger partial charge in [-0.3, -0.25) is 24.7 Å². The molecule has 1 aromatic carbocycles. The summed E-state index contributed by atoms with van der Waals surface area (Å²) in [5.74, 6) is -1.04. The highest BCUT2D eigenvalue weighted by Crippen LogP contribution is 2.23. The molecule has 2 aromatic rings. The topological polar surface area (TPSA) is 121 Å². The minimum Gasteiger partial charge on any atom is -0.288 e. The molecule has 1 aliphatic rings. The Hall–Kier alpha value is -2.68. The molecule has 0 spiro atoms. The molecule has 0 fully saturated rings. The van der Waals surface area contributed by atoms with Crippen LogP contribution in [0.3, 0.4) is 0 Å². The molecule has 9 heteroatoms. The molecule has 21 heavy (non-hydrogen) atoms. The van der Waals surface area contributed by atoms with E-state index in [-0.39, 0.29) is 21.7 Å². The number of carbonyl (C=O) groups excluding carboxylic acids is 2. The molecule has 3 rings (SSSR count). The first-order valence-corrected chi connectivity index (χ1v) is 7.39. The number of carbonyl (C=O) groups is 2. The summed E-state index contributed by atoms with van der Waals surface area (Å²) < 4.78 is 26.7. The molecule has 1 aliphatic heterocycles. The van der Waals surface area contributed by atoms with Gasteiger partial charge in [0.25, 0.3) is 21.8 Å². The Morgan fingerprint density at radius 1 is 1.14 bits per heavy atom. The van der Waals surface area contributed by atoms with Crippen molar-refractivity contribution in [3.8, 4) is 0 Å². The van der Waals surface area contributed by atoms with E-state index < -0.39 is 21.8 Å². The second-order valence-electron chi connectivity index (χ2n) is 4.51. The maximum atomic E-state index is 12.2. The van der Waals surface area contributed by atoms with Gasteiger partial charge in [0.15, 0.2) is 0 Å². The maximum Gasteiger partial charge on any atom is 0.265 e. The van der Waals surface area contributed by atoms with Crippen molar-refractivity contribution in [1.29, 1.82) is 0 Å².